The number of phenolic OH excluding ortho intramolecular Hbond substituents is 2. The number of rotatable bonds is 6. The number of aliphatic carboxylic acids is 1. The average Bonchev–Trinajstić information content (AvgIpc) is 2.83. The second kappa shape index (κ2) is 9.78. The molecule has 1 heterocycles. The number of ether oxygens (including phenoxy) is 3. The number of esters is 1. The van der Waals surface area contributed by atoms with E-state index >= 15 is 0 Å². The molecule has 0 bridgehead atoms. The molecule has 0 radical (unpaired) electrons. The van der Waals surface area contributed by atoms with Gasteiger partial charge in [-0.3, -0.25) is 19.2 Å². The highest BCUT2D eigenvalue weighted by atomic mass is 16.7. The number of carbonyl (C=O) groups excluding carboxylic acids is 3. The maximum absolute atomic E-state index is 13.1. The van der Waals surface area contributed by atoms with E-state index in [0.717, 1.165) is 0 Å². The lowest BCUT2D eigenvalue weighted by Gasteiger charge is -2.40. The van der Waals surface area contributed by atoms with Gasteiger partial charge in [-0.2, -0.15) is 0 Å². The third-order valence-corrected chi connectivity index (χ3v) is 6.03. The number of aliphatic hydroxyl groups is 3. The standard InChI is InChI=1S/C24H22O13/c1-8-5-10-16(19(31)15-9(17(10)29)3-2-4-11(15)25)20(32)23(8)37-24-22(34)21(33)18(30)12(36-24)7-35-14(28)6-13(26)27/h2-5,12,18,21-22,24-25,30,32-34H,6-7H2,1H3,(H,26,27)/t12?,18-,21?,22+,24+/m0/s1. The number of carboxylic acids is 1. The van der Waals surface area contributed by atoms with E-state index in [1.54, 1.807) is 0 Å². The van der Waals surface area contributed by atoms with E-state index in [9.17, 15) is 44.7 Å². The molecule has 6 N–H and O–H groups in total. The van der Waals surface area contributed by atoms with Gasteiger partial charge in [0.15, 0.2) is 17.3 Å². The van der Waals surface area contributed by atoms with Crippen LogP contribution in [0.25, 0.3) is 0 Å². The van der Waals surface area contributed by atoms with Gasteiger partial charge in [-0.25, -0.2) is 0 Å². The van der Waals surface area contributed by atoms with Crippen LogP contribution < -0.4 is 4.74 Å². The zero-order valence-corrected chi connectivity index (χ0v) is 19.2. The summed E-state index contributed by atoms with van der Waals surface area (Å²) in [5.74, 6) is -5.72. The molecule has 5 atom stereocenters. The van der Waals surface area contributed by atoms with Crippen molar-refractivity contribution in [2.45, 2.75) is 44.1 Å². The minimum absolute atomic E-state index is 0.0478. The summed E-state index contributed by atoms with van der Waals surface area (Å²) in [6.45, 7) is 0.728. The molecule has 1 saturated heterocycles. The van der Waals surface area contributed by atoms with Crippen LogP contribution in [0.2, 0.25) is 0 Å². The molecule has 37 heavy (non-hydrogen) atoms. The summed E-state index contributed by atoms with van der Waals surface area (Å²) < 4.78 is 15.7. The van der Waals surface area contributed by atoms with Gasteiger partial charge in [0.05, 0.1) is 11.1 Å². The SMILES string of the molecule is Cc1cc2c(c(O)c1O[C@H]1OC(COC(=O)CC(=O)O)[C@H](O)C(O)[C@H]1O)C(=O)c1c(O)cccc1C2=O. The number of carbonyl (C=O) groups is 4. The van der Waals surface area contributed by atoms with Crippen LogP contribution in [0.1, 0.15) is 43.8 Å². The highest BCUT2D eigenvalue weighted by Gasteiger charge is 2.46. The molecule has 2 unspecified atom stereocenters. The monoisotopic (exact) mass is 518 g/mol. The third-order valence-electron chi connectivity index (χ3n) is 6.03. The highest BCUT2D eigenvalue weighted by molar-refractivity contribution is 6.30. The van der Waals surface area contributed by atoms with Crippen LogP contribution in [0.15, 0.2) is 24.3 Å². The van der Waals surface area contributed by atoms with Crippen LogP contribution in [0.3, 0.4) is 0 Å². The van der Waals surface area contributed by atoms with E-state index in [1.165, 1.54) is 31.2 Å². The lowest BCUT2D eigenvalue weighted by atomic mass is 9.82. The predicted octanol–water partition coefficient (Wildman–Crippen LogP) is -0.614. The summed E-state index contributed by atoms with van der Waals surface area (Å²) in [5.41, 5.74) is -0.810. The van der Waals surface area contributed by atoms with Crippen molar-refractivity contribution in [1.82, 2.24) is 0 Å². The Bertz CT molecular complexity index is 1300. The Morgan fingerprint density at radius 2 is 1.68 bits per heavy atom. The van der Waals surface area contributed by atoms with Crippen LogP contribution in [0.5, 0.6) is 17.2 Å². The second-order valence-electron chi connectivity index (χ2n) is 8.54. The first-order chi connectivity index (χ1) is 17.4. The molecule has 1 aliphatic heterocycles. The van der Waals surface area contributed by atoms with Gasteiger partial charge in [0, 0.05) is 11.1 Å². The fourth-order valence-electron chi connectivity index (χ4n) is 4.20. The minimum Gasteiger partial charge on any atom is -0.507 e. The van der Waals surface area contributed by atoms with Crippen molar-refractivity contribution in [3.05, 3.63) is 52.1 Å². The minimum atomic E-state index is -1.88. The summed E-state index contributed by atoms with van der Waals surface area (Å²) in [4.78, 5) is 48.2. The number of ketones is 2. The van der Waals surface area contributed by atoms with E-state index in [-0.39, 0.29) is 22.3 Å². The molecule has 2 aromatic carbocycles. The van der Waals surface area contributed by atoms with E-state index in [2.05, 4.69) is 0 Å². The summed E-state index contributed by atoms with van der Waals surface area (Å²) in [6, 6.07) is 5.23. The number of hydrogen-bond acceptors (Lipinski definition) is 12. The lowest BCUT2D eigenvalue weighted by molar-refractivity contribution is -0.278. The number of hydrogen-bond donors (Lipinski definition) is 6. The molecule has 4 rings (SSSR count). The molecule has 0 amide bonds. The van der Waals surface area contributed by atoms with E-state index < -0.39 is 90.1 Å². The molecule has 13 heteroatoms. The summed E-state index contributed by atoms with van der Waals surface area (Å²) in [7, 11) is 0. The van der Waals surface area contributed by atoms with Crippen molar-refractivity contribution in [3.63, 3.8) is 0 Å². The Morgan fingerprint density at radius 3 is 2.35 bits per heavy atom. The summed E-state index contributed by atoms with van der Waals surface area (Å²) in [6.07, 6.45) is -9.69. The molecule has 1 fully saturated rings. The Labute approximate surface area is 208 Å². The van der Waals surface area contributed by atoms with Gasteiger partial charge >= 0.3 is 11.9 Å². The fourth-order valence-corrected chi connectivity index (χ4v) is 4.20. The van der Waals surface area contributed by atoms with Crippen molar-refractivity contribution in [2.75, 3.05) is 6.61 Å². The van der Waals surface area contributed by atoms with Gasteiger partial charge in [0.2, 0.25) is 12.1 Å². The van der Waals surface area contributed by atoms with Crippen LogP contribution in [-0.4, -0.2) is 91.5 Å². The van der Waals surface area contributed by atoms with Crippen LogP contribution in [0, 0.1) is 6.92 Å². The average molecular weight is 518 g/mol. The van der Waals surface area contributed by atoms with Crippen molar-refractivity contribution in [2.24, 2.45) is 0 Å². The number of aromatic hydroxyl groups is 2. The molecular formula is C24H22O13. The van der Waals surface area contributed by atoms with E-state index in [1.807, 2.05) is 0 Å². The smallest absolute Gasteiger partial charge is 0.317 e. The van der Waals surface area contributed by atoms with Crippen LogP contribution in [-0.2, 0) is 19.1 Å². The molecule has 196 valence electrons. The van der Waals surface area contributed by atoms with Gasteiger partial charge in [0.1, 0.15) is 43.2 Å². The predicted molar refractivity (Wildman–Crippen MR) is 118 cm³/mol. The van der Waals surface area contributed by atoms with Crippen molar-refractivity contribution < 1.29 is 64.0 Å². The largest absolute Gasteiger partial charge is 0.507 e. The molecule has 2 aromatic rings. The van der Waals surface area contributed by atoms with Gasteiger partial charge in [-0.1, -0.05) is 12.1 Å². The molecule has 0 spiro atoms. The number of carboxylic acid groups (broad SMARTS) is 1. The van der Waals surface area contributed by atoms with Crippen LogP contribution in [0.4, 0.5) is 0 Å². The molecule has 0 saturated carbocycles. The first-order valence-electron chi connectivity index (χ1n) is 10.9. The number of phenols is 2. The van der Waals surface area contributed by atoms with E-state index in [0.29, 0.717) is 0 Å². The normalized spacial score (nSPS) is 24.7. The lowest BCUT2D eigenvalue weighted by Crippen LogP contribution is -2.60. The topological polar surface area (TPSA) is 217 Å². The first kappa shape index (κ1) is 26.0. The number of aliphatic hydroxyl groups excluding tert-OH is 3. The maximum Gasteiger partial charge on any atom is 0.317 e. The molecule has 13 nitrogen and oxygen atoms in total. The van der Waals surface area contributed by atoms with Crippen molar-refractivity contribution in [1.29, 1.82) is 0 Å². The van der Waals surface area contributed by atoms with Crippen LogP contribution >= 0.6 is 0 Å². The Kier molecular flexibility index (Phi) is 6.88. The molecule has 2 aliphatic rings. The zero-order chi connectivity index (χ0) is 27.2. The van der Waals surface area contributed by atoms with Gasteiger partial charge in [-0.05, 0) is 24.6 Å². The Balaban J connectivity index is 1.63. The summed E-state index contributed by atoms with van der Waals surface area (Å²) >= 11 is 0. The molecule has 0 aromatic heterocycles. The first-order valence-corrected chi connectivity index (χ1v) is 10.9. The third kappa shape index (κ3) is 4.60. The number of fused-ring (bicyclic) bond motifs is 2. The van der Waals surface area contributed by atoms with E-state index in [4.69, 9.17) is 19.3 Å². The Morgan fingerprint density at radius 1 is 0.973 bits per heavy atom. The number of aryl methyl sites for hydroxylation is 1. The fraction of sp³-hybridized carbons (Fsp3) is 0.333. The Hall–Kier alpha value is -4.04. The van der Waals surface area contributed by atoms with Crippen molar-refractivity contribution in [3.8, 4) is 17.2 Å². The number of benzene rings is 2. The maximum atomic E-state index is 13.1. The van der Waals surface area contributed by atoms with Gasteiger partial charge < -0.3 is 44.8 Å². The molecular weight excluding hydrogens is 496 g/mol. The highest BCUT2D eigenvalue weighted by Crippen LogP contribution is 2.43. The van der Waals surface area contributed by atoms with Gasteiger partial charge in [-0.15, -0.1) is 0 Å². The van der Waals surface area contributed by atoms with Gasteiger partial charge in [0.25, 0.3) is 0 Å². The molecule has 1 aliphatic carbocycles. The summed E-state index contributed by atoms with van der Waals surface area (Å²) in [5, 5.41) is 60.5. The second-order valence-corrected chi connectivity index (χ2v) is 8.54. The van der Waals surface area contributed by atoms with Crippen molar-refractivity contribution >= 4 is 23.5 Å². The zero-order valence-electron chi connectivity index (χ0n) is 19.2. The quantitative estimate of drug-likeness (QED) is 0.177.